The van der Waals surface area contributed by atoms with Crippen LogP contribution in [0.5, 0.6) is 0 Å². The minimum Gasteiger partial charge on any atom is -0.351 e. The summed E-state index contributed by atoms with van der Waals surface area (Å²) in [5, 5.41) is 8.82. The summed E-state index contributed by atoms with van der Waals surface area (Å²) in [5.41, 5.74) is 4.24. The molecular formula is C22H24N4O3S2. The SMILES string of the molecule is NS(=O)(=O)c1ccc(CNC(=O)CSc2nc3c(n2-c2ccccc2)CCCC3)cc1. The minimum absolute atomic E-state index is 0.0508. The van der Waals surface area contributed by atoms with Crippen LogP contribution in [0.2, 0.25) is 0 Å². The molecule has 0 fully saturated rings. The second-order valence-corrected chi connectivity index (χ2v) is 9.92. The van der Waals surface area contributed by atoms with Crippen molar-refractivity contribution in [1.29, 1.82) is 0 Å². The number of carbonyl (C=O) groups is 1. The van der Waals surface area contributed by atoms with E-state index in [4.69, 9.17) is 10.1 Å². The summed E-state index contributed by atoms with van der Waals surface area (Å²) >= 11 is 1.43. The van der Waals surface area contributed by atoms with Crippen molar-refractivity contribution in [1.82, 2.24) is 14.9 Å². The van der Waals surface area contributed by atoms with Crippen molar-refractivity contribution >= 4 is 27.7 Å². The second-order valence-electron chi connectivity index (χ2n) is 7.42. The summed E-state index contributed by atoms with van der Waals surface area (Å²) < 4.78 is 24.8. The quantitative estimate of drug-likeness (QED) is 0.532. The number of amides is 1. The van der Waals surface area contributed by atoms with Crippen molar-refractivity contribution in [3.63, 3.8) is 0 Å². The maximum absolute atomic E-state index is 12.4. The van der Waals surface area contributed by atoms with E-state index in [1.165, 1.54) is 29.6 Å². The average molecular weight is 457 g/mol. The third kappa shape index (κ3) is 5.17. The fourth-order valence-electron chi connectivity index (χ4n) is 3.63. The first kappa shape index (κ1) is 21.6. The lowest BCUT2D eigenvalue weighted by Gasteiger charge is -2.15. The minimum atomic E-state index is -3.72. The molecule has 0 saturated carbocycles. The fourth-order valence-corrected chi connectivity index (χ4v) is 5.03. The van der Waals surface area contributed by atoms with Gasteiger partial charge in [-0.25, -0.2) is 18.5 Å². The molecule has 0 radical (unpaired) electrons. The van der Waals surface area contributed by atoms with Gasteiger partial charge in [0.05, 0.1) is 16.3 Å². The molecule has 0 atom stereocenters. The van der Waals surface area contributed by atoms with Gasteiger partial charge in [-0.05, 0) is 55.5 Å². The number of hydrogen-bond acceptors (Lipinski definition) is 5. The lowest BCUT2D eigenvalue weighted by atomic mass is 10.0. The smallest absolute Gasteiger partial charge is 0.238 e. The molecule has 9 heteroatoms. The number of rotatable bonds is 7. The highest BCUT2D eigenvalue weighted by molar-refractivity contribution is 7.99. The monoisotopic (exact) mass is 456 g/mol. The molecule has 3 N–H and O–H groups in total. The second kappa shape index (κ2) is 9.25. The molecule has 0 unspecified atom stereocenters. The van der Waals surface area contributed by atoms with Gasteiger partial charge in [0.25, 0.3) is 0 Å². The highest BCUT2D eigenvalue weighted by Gasteiger charge is 2.21. The zero-order chi connectivity index (χ0) is 21.8. The van der Waals surface area contributed by atoms with Gasteiger partial charge in [0, 0.05) is 17.9 Å². The number of aryl methyl sites for hydroxylation is 1. The van der Waals surface area contributed by atoms with Crippen molar-refractivity contribution in [3.05, 3.63) is 71.5 Å². The fraction of sp³-hybridized carbons (Fsp3) is 0.273. The van der Waals surface area contributed by atoms with E-state index in [2.05, 4.69) is 22.0 Å². The summed E-state index contributed by atoms with van der Waals surface area (Å²) in [6, 6.07) is 16.3. The number of sulfonamides is 1. The Kier molecular flexibility index (Phi) is 6.45. The van der Waals surface area contributed by atoms with E-state index in [0.29, 0.717) is 6.54 Å². The van der Waals surface area contributed by atoms with Crippen molar-refractivity contribution < 1.29 is 13.2 Å². The number of aromatic nitrogens is 2. The Labute approximate surface area is 186 Å². The number of fused-ring (bicyclic) bond motifs is 1. The molecule has 162 valence electrons. The lowest BCUT2D eigenvalue weighted by Crippen LogP contribution is -2.24. The number of nitrogens with zero attached hydrogens (tertiary/aromatic N) is 2. The van der Waals surface area contributed by atoms with E-state index in [9.17, 15) is 13.2 Å². The molecule has 3 aromatic rings. The molecule has 0 aliphatic heterocycles. The molecule has 31 heavy (non-hydrogen) atoms. The van der Waals surface area contributed by atoms with Crippen LogP contribution in [0, 0.1) is 0 Å². The van der Waals surface area contributed by atoms with Crippen LogP contribution in [0.1, 0.15) is 29.8 Å². The molecule has 4 rings (SSSR count). The van der Waals surface area contributed by atoms with Crippen molar-refractivity contribution in [2.45, 2.75) is 42.3 Å². The van der Waals surface area contributed by atoms with Gasteiger partial charge in [-0.2, -0.15) is 0 Å². The summed E-state index contributed by atoms with van der Waals surface area (Å²) in [7, 11) is -3.72. The molecule has 7 nitrogen and oxygen atoms in total. The maximum atomic E-state index is 12.4. The summed E-state index contributed by atoms with van der Waals surface area (Å²) in [6.07, 6.45) is 4.27. The summed E-state index contributed by atoms with van der Waals surface area (Å²) in [5.74, 6) is 0.138. The number of thioether (sulfide) groups is 1. The Hall–Kier alpha value is -2.62. The van der Waals surface area contributed by atoms with Crippen molar-refractivity contribution in [2.24, 2.45) is 5.14 Å². The highest BCUT2D eigenvalue weighted by Crippen LogP contribution is 2.30. The van der Waals surface area contributed by atoms with Gasteiger partial charge >= 0.3 is 0 Å². The van der Waals surface area contributed by atoms with Crippen LogP contribution in [-0.4, -0.2) is 29.6 Å². The Balaban J connectivity index is 1.41. The van der Waals surface area contributed by atoms with Crippen molar-refractivity contribution in [3.8, 4) is 5.69 Å². The van der Waals surface area contributed by atoms with Crippen LogP contribution in [0.4, 0.5) is 0 Å². The summed E-state index contributed by atoms with van der Waals surface area (Å²) in [4.78, 5) is 17.3. The molecular weight excluding hydrogens is 432 g/mol. The standard InChI is InChI=1S/C22H24N4O3S2/c23-31(28,29)18-12-10-16(11-13-18)14-24-21(27)15-30-22-25-19-8-4-5-9-20(19)26(22)17-6-2-1-3-7-17/h1-3,6-7,10-13H,4-5,8-9,14-15H2,(H,24,27)(H2,23,28,29). The van der Waals surface area contributed by atoms with Crippen LogP contribution >= 0.6 is 11.8 Å². The number of primary sulfonamides is 1. The van der Waals surface area contributed by atoms with E-state index in [1.54, 1.807) is 12.1 Å². The van der Waals surface area contributed by atoms with Crippen LogP contribution in [0.3, 0.4) is 0 Å². The number of imidazole rings is 1. The van der Waals surface area contributed by atoms with Gasteiger partial charge in [0.15, 0.2) is 5.16 Å². The van der Waals surface area contributed by atoms with E-state index in [1.807, 2.05) is 18.2 Å². The Bertz CT molecular complexity index is 1170. The molecule has 2 aromatic carbocycles. The molecule has 1 heterocycles. The third-order valence-corrected chi connectivity index (χ3v) is 7.06. The van der Waals surface area contributed by atoms with Gasteiger partial charge in [0.1, 0.15) is 0 Å². The summed E-state index contributed by atoms with van der Waals surface area (Å²) in [6.45, 7) is 0.313. The molecule has 0 bridgehead atoms. The molecule has 0 saturated heterocycles. The zero-order valence-corrected chi connectivity index (χ0v) is 18.6. The molecule has 1 amide bonds. The van der Waals surface area contributed by atoms with E-state index < -0.39 is 10.0 Å². The molecule has 1 aromatic heterocycles. The van der Waals surface area contributed by atoms with Crippen LogP contribution in [0.15, 0.2) is 64.6 Å². The predicted octanol–water partition coefficient (Wildman–Crippen LogP) is 2.81. The number of nitrogens with two attached hydrogens (primary N) is 1. The highest BCUT2D eigenvalue weighted by atomic mass is 32.2. The van der Waals surface area contributed by atoms with Crippen LogP contribution < -0.4 is 10.5 Å². The van der Waals surface area contributed by atoms with E-state index >= 15 is 0 Å². The number of hydrogen-bond donors (Lipinski definition) is 2. The predicted molar refractivity (Wildman–Crippen MR) is 121 cm³/mol. The number of para-hydroxylation sites is 1. The van der Waals surface area contributed by atoms with Crippen LogP contribution in [0.25, 0.3) is 5.69 Å². The van der Waals surface area contributed by atoms with E-state index in [0.717, 1.165) is 47.8 Å². The maximum Gasteiger partial charge on any atom is 0.238 e. The largest absolute Gasteiger partial charge is 0.351 e. The Morgan fingerprint density at radius 1 is 1.06 bits per heavy atom. The Morgan fingerprint density at radius 2 is 1.77 bits per heavy atom. The number of benzene rings is 2. The van der Waals surface area contributed by atoms with Crippen LogP contribution in [-0.2, 0) is 34.2 Å². The first-order chi connectivity index (χ1) is 14.9. The normalized spacial score (nSPS) is 13.6. The average Bonchev–Trinajstić information content (AvgIpc) is 3.15. The molecule has 0 spiro atoms. The molecule has 1 aliphatic carbocycles. The zero-order valence-electron chi connectivity index (χ0n) is 17.0. The van der Waals surface area contributed by atoms with Gasteiger partial charge in [-0.15, -0.1) is 0 Å². The topological polar surface area (TPSA) is 107 Å². The molecule has 1 aliphatic rings. The number of carbonyl (C=O) groups excluding carboxylic acids is 1. The van der Waals surface area contributed by atoms with E-state index in [-0.39, 0.29) is 16.6 Å². The lowest BCUT2D eigenvalue weighted by molar-refractivity contribution is -0.118. The van der Waals surface area contributed by atoms with Gasteiger partial charge < -0.3 is 5.32 Å². The third-order valence-electron chi connectivity index (χ3n) is 5.19. The van der Waals surface area contributed by atoms with Gasteiger partial charge in [0.2, 0.25) is 15.9 Å². The number of nitrogens with one attached hydrogen (secondary N) is 1. The van der Waals surface area contributed by atoms with Gasteiger partial charge in [-0.1, -0.05) is 42.1 Å². The first-order valence-corrected chi connectivity index (χ1v) is 12.6. The van der Waals surface area contributed by atoms with Crippen molar-refractivity contribution in [2.75, 3.05) is 5.75 Å². The Morgan fingerprint density at radius 3 is 2.48 bits per heavy atom. The first-order valence-electron chi connectivity index (χ1n) is 10.1. The van der Waals surface area contributed by atoms with Gasteiger partial charge in [-0.3, -0.25) is 9.36 Å².